The molecule has 0 saturated heterocycles. The Hall–Kier alpha value is -1.04. The first-order chi connectivity index (χ1) is 9.15. The van der Waals surface area contributed by atoms with Gasteiger partial charge in [-0.1, -0.05) is 33.6 Å². The lowest BCUT2D eigenvalue weighted by atomic mass is 10.1. The van der Waals surface area contributed by atoms with Crippen molar-refractivity contribution in [2.75, 3.05) is 11.9 Å². The number of thiophene rings is 1. The van der Waals surface area contributed by atoms with E-state index < -0.39 is 0 Å². The SMILES string of the molecule is O=C1COc2ccc(C(Br)c3sccc3Cl)cc2N1. The molecule has 1 aromatic carbocycles. The highest BCUT2D eigenvalue weighted by atomic mass is 79.9. The average Bonchev–Trinajstić information content (AvgIpc) is 2.83. The topological polar surface area (TPSA) is 38.3 Å². The van der Waals surface area contributed by atoms with E-state index in [9.17, 15) is 4.79 Å². The van der Waals surface area contributed by atoms with Gasteiger partial charge in [-0.2, -0.15) is 0 Å². The van der Waals surface area contributed by atoms with E-state index in [1.54, 1.807) is 11.3 Å². The molecule has 0 saturated carbocycles. The Kier molecular flexibility index (Phi) is 3.52. The van der Waals surface area contributed by atoms with Gasteiger partial charge < -0.3 is 10.1 Å². The molecule has 98 valence electrons. The Morgan fingerprint density at radius 2 is 2.26 bits per heavy atom. The molecular formula is C13H9BrClNO2S. The monoisotopic (exact) mass is 357 g/mol. The fourth-order valence-corrected chi connectivity index (χ4v) is 4.05. The number of ether oxygens (including phenoxy) is 1. The van der Waals surface area contributed by atoms with Crippen molar-refractivity contribution < 1.29 is 9.53 Å². The number of rotatable bonds is 2. The van der Waals surface area contributed by atoms with E-state index >= 15 is 0 Å². The van der Waals surface area contributed by atoms with Gasteiger partial charge >= 0.3 is 0 Å². The van der Waals surface area contributed by atoms with Gasteiger partial charge in [0, 0.05) is 4.88 Å². The summed E-state index contributed by atoms with van der Waals surface area (Å²) in [6.07, 6.45) is 0. The van der Waals surface area contributed by atoms with Gasteiger partial charge in [0.2, 0.25) is 0 Å². The van der Waals surface area contributed by atoms with Crippen molar-refractivity contribution in [3.05, 3.63) is 45.1 Å². The second-order valence-corrected chi connectivity index (χ2v) is 6.36. The fourth-order valence-electron chi connectivity index (χ4n) is 1.90. The molecule has 2 heterocycles. The third-order valence-electron chi connectivity index (χ3n) is 2.80. The third-order valence-corrected chi connectivity index (χ3v) is 5.52. The average molecular weight is 359 g/mol. The van der Waals surface area contributed by atoms with Crippen molar-refractivity contribution in [3.8, 4) is 5.75 Å². The summed E-state index contributed by atoms with van der Waals surface area (Å²) >= 11 is 11.4. The van der Waals surface area contributed by atoms with Crippen LogP contribution in [-0.2, 0) is 4.79 Å². The van der Waals surface area contributed by atoms with Crippen LogP contribution in [0.4, 0.5) is 5.69 Å². The Balaban J connectivity index is 1.96. The Bertz CT molecular complexity index is 643. The predicted octanol–water partition coefficient (Wildman–Crippen LogP) is 4.22. The largest absolute Gasteiger partial charge is 0.482 e. The molecule has 2 aromatic rings. The van der Waals surface area contributed by atoms with Crippen molar-refractivity contribution in [2.45, 2.75) is 4.83 Å². The lowest BCUT2D eigenvalue weighted by molar-refractivity contribution is -0.118. The summed E-state index contributed by atoms with van der Waals surface area (Å²) in [5.41, 5.74) is 1.72. The molecule has 0 radical (unpaired) electrons. The highest BCUT2D eigenvalue weighted by Gasteiger charge is 2.20. The number of carbonyl (C=O) groups excluding carboxylic acids is 1. The minimum atomic E-state index is -0.134. The first-order valence-electron chi connectivity index (χ1n) is 5.58. The summed E-state index contributed by atoms with van der Waals surface area (Å²) < 4.78 is 5.33. The van der Waals surface area contributed by atoms with Crippen LogP contribution < -0.4 is 10.1 Å². The van der Waals surface area contributed by atoms with Gasteiger partial charge in [0.15, 0.2) is 6.61 Å². The molecule has 1 aromatic heterocycles. The summed E-state index contributed by atoms with van der Waals surface area (Å²) in [7, 11) is 0. The lowest BCUT2D eigenvalue weighted by Crippen LogP contribution is -2.25. The minimum absolute atomic E-state index is 0.00382. The molecule has 6 heteroatoms. The Morgan fingerprint density at radius 1 is 1.42 bits per heavy atom. The molecule has 0 bridgehead atoms. The van der Waals surface area contributed by atoms with Gasteiger partial charge in [-0.3, -0.25) is 4.79 Å². The quantitative estimate of drug-likeness (QED) is 0.816. The first kappa shape index (κ1) is 13.0. The molecule has 1 amide bonds. The molecule has 3 rings (SSSR count). The number of halogens is 2. The van der Waals surface area contributed by atoms with Crippen molar-refractivity contribution >= 4 is 50.5 Å². The molecule has 1 aliphatic rings. The van der Waals surface area contributed by atoms with Crippen LogP contribution in [0.1, 0.15) is 15.3 Å². The predicted molar refractivity (Wildman–Crippen MR) is 80.7 cm³/mol. The van der Waals surface area contributed by atoms with Crippen molar-refractivity contribution in [2.24, 2.45) is 0 Å². The number of hydrogen-bond acceptors (Lipinski definition) is 3. The molecule has 1 aliphatic heterocycles. The zero-order chi connectivity index (χ0) is 13.4. The molecule has 0 spiro atoms. The van der Waals surface area contributed by atoms with E-state index in [1.165, 1.54) is 0 Å². The maximum Gasteiger partial charge on any atom is 0.262 e. The van der Waals surface area contributed by atoms with Crippen LogP contribution >= 0.6 is 38.9 Å². The van der Waals surface area contributed by atoms with Crippen LogP contribution in [0.3, 0.4) is 0 Å². The number of fused-ring (bicyclic) bond motifs is 1. The van der Waals surface area contributed by atoms with Gasteiger partial charge in [0.05, 0.1) is 15.5 Å². The van der Waals surface area contributed by atoms with Gasteiger partial charge in [-0.25, -0.2) is 0 Å². The number of amides is 1. The van der Waals surface area contributed by atoms with E-state index in [2.05, 4.69) is 21.2 Å². The summed E-state index contributed by atoms with van der Waals surface area (Å²) in [6, 6.07) is 7.60. The standard InChI is InChI=1S/C13H9BrClNO2S/c14-12(13-8(15)3-4-19-13)7-1-2-10-9(5-7)16-11(17)6-18-10/h1-5,12H,6H2,(H,16,17). The van der Waals surface area contributed by atoms with Crippen LogP contribution in [0, 0.1) is 0 Å². The number of benzene rings is 1. The van der Waals surface area contributed by atoms with Crippen LogP contribution in [0.5, 0.6) is 5.75 Å². The van der Waals surface area contributed by atoms with Gasteiger partial charge in [0.1, 0.15) is 5.75 Å². The second-order valence-electron chi connectivity index (χ2n) is 4.09. The molecule has 1 N–H and O–H groups in total. The number of alkyl halides is 1. The van der Waals surface area contributed by atoms with E-state index in [0.717, 1.165) is 15.5 Å². The number of anilines is 1. The van der Waals surface area contributed by atoms with E-state index in [-0.39, 0.29) is 17.3 Å². The summed E-state index contributed by atoms with van der Waals surface area (Å²) in [5, 5.41) is 5.49. The molecule has 1 atom stereocenters. The molecule has 0 fully saturated rings. The molecule has 19 heavy (non-hydrogen) atoms. The summed E-state index contributed by atoms with van der Waals surface area (Å²) in [5.74, 6) is 0.560. The zero-order valence-electron chi connectivity index (χ0n) is 9.65. The van der Waals surface area contributed by atoms with Crippen molar-refractivity contribution in [1.82, 2.24) is 0 Å². The van der Waals surface area contributed by atoms with Crippen LogP contribution in [-0.4, -0.2) is 12.5 Å². The molecular weight excluding hydrogens is 350 g/mol. The smallest absolute Gasteiger partial charge is 0.262 e. The summed E-state index contributed by atoms with van der Waals surface area (Å²) in [4.78, 5) is 12.4. The third kappa shape index (κ3) is 2.50. The van der Waals surface area contributed by atoms with Crippen molar-refractivity contribution in [3.63, 3.8) is 0 Å². The van der Waals surface area contributed by atoms with E-state index in [0.29, 0.717) is 11.4 Å². The summed E-state index contributed by atoms with van der Waals surface area (Å²) in [6.45, 7) is 0.0703. The highest BCUT2D eigenvalue weighted by Crippen LogP contribution is 2.41. The van der Waals surface area contributed by atoms with Crippen LogP contribution in [0.25, 0.3) is 0 Å². The highest BCUT2D eigenvalue weighted by molar-refractivity contribution is 9.09. The Labute approximate surface area is 127 Å². The van der Waals surface area contributed by atoms with Gasteiger partial charge in [0.25, 0.3) is 5.91 Å². The fraction of sp³-hybridized carbons (Fsp3) is 0.154. The van der Waals surface area contributed by atoms with E-state index in [1.807, 2.05) is 29.6 Å². The number of hydrogen-bond donors (Lipinski definition) is 1. The first-order valence-corrected chi connectivity index (χ1v) is 7.76. The second kappa shape index (κ2) is 5.15. The molecule has 0 aliphatic carbocycles. The zero-order valence-corrected chi connectivity index (χ0v) is 12.8. The number of carbonyl (C=O) groups is 1. The van der Waals surface area contributed by atoms with Crippen molar-refractivity contribution in [1.29, 1.82) is 0 Å². The van der Waals surface area contributed by atoms with Gasteiger partial charge in [-0.15, -0.1) is 11.3 Å². The lowest BCUT2D eigenvalue weighted by Gasteiger charge is -2.19. The maximum atomic E-state index is 11.3. The van der Waals surface area contributed by atoms with Crippen LogP contribution in [0.2, 0.25) is 5.02 Å². The minimum Gasteiger partial charge on any atom is -0.482 e. The number of nitrogens with one attached hydrogen (secondary N) is 1. The van der Waals surface area contributed by atoms with E-state index in [4.69, 9.17) is 16.3 Å². The molecule has 1 unspecified atom stereocenters. The normalized spacial score (nSPS) is 15.4. The van der Waals surface area contributed by atoms with Crippen LogP contribution in [0.15, 0.2) is 29.6 Å². The maximum absolute atomic E-state index is 11.3. The van der Waals surface area contributed by atoms with Gasteiger partial charge in [-0.05, 0) is 29.1 Å². The Morgan fingerprint density at radius 3 is 3.00 bits per heavy atom. The molecule has 3 nitrogen and oxygen atoms in total.